The van der Waals surface area contributed by atoms with E-state index in [-0.39, 0.29) is 11.6 Å². The topological polar surface area (TPSA) is 67.2 Å². The third-order valence-electron chi connectivity index (χ3n) is 5.29. The first-order valence-electron chi connectivity index (χ1n) is 9.93. The molecule has 0 spiro atoms. The quantitative estimate of drug-likeness (QED) is 0.364. The maximum Gasteiger partial charge on any atom is 0.322 e. The third kappa shape index (κ3) is 4.13. The molecule has 0 bridgehead atoms. The fraction of sp³-hybridized carbons (Fsp3) is 0.125. The van der Waals surface area contributed by atoms with Gasteiger partial charge in [0.05, 0.1) is 33.3 Å². The number of halogens is 2. The molecule has 0 fully saturated rings. The molecule has 1 aromatic heterocycles. The molecule has 0 aliphatic carbocycles. The van der Waals surface area contributed by atoms with E-state index in [1.807, 2.05) is 31.2 Å². The van der Waals surface area contributed by atoms with Crippen molar-refractivity contribution >= 4 is 50.2 Å². The molecule has 1 heterocycles. The van der Waals surface area contributed by atoms with Crippen molar-refractivity contribution < 1.29 is 4.79 Å². The summed E-state index contributed by atoms with van der Waals surface area (Å²) in [6.07, 6.45) is 0. The van der Waals surface area contributed by atoms with E-state index in [1.165, 1.54) is 9.47 Å². The zero-order valence-corrected chi connectivity index (χ0v) is 19.8. The first-order chi connectivity index (χ1) is 15.4. The maximum absolute atomic E-state index is 13.5. The molecule has 0 saturated heterocycles. The third-order valence-corrected chi connectivity index (χ3v) is 6.30. The Morgan fingerprint density at radius 1 is 1.06 bits per heavy atom. The van der Waals surface area contributed by atoms with Crippen LogP contribution in [0.3, 0.4) is 0 Å². The highest BCUT2D eigenvalue weighted by Crippen LogP contribution is 2.27. The van der Waals surface area contributed by atoms with Gasteiger partial charge in [-0.25, -0.2) is 9.78 Å². The number of hydrogen-bond donors (Lipinski definition) is 1. The molecular weight excluding hydrogens is 492 g/mol. The molecule has 4 rings (SSSR count). The molecule has 0 aliphatic rings. The predicted molar refractivity (Wildman–Crippen MR) is 132 cm³/mol. The van der Waals surface area contributed by atoms with Crippen LogP contribution in [0.1, 0.15) is 18.8 Å². The van der Waals surface area contributed by atoms with Crippen LogP contribution in [0.25, 0.3) is 16.6 Å². The van der Waals surface area contributed by atoms with E-state index in [0.29, 0.717) is 33.1 Å². The standard InChI is InChI=1S/C24H20BrClN4O2/c1-15(29(2)24(32)28-20-13-7-4-10-17(20)25)22-27-19-12-6-3-9-16(19)23(31)30(22)21-14-8-5-11-18(21)26/h3-15H,1-2H3,(H,28,32). The Morgan fingerprint density at radius 3 is 2.47 bits per heavy atom. The van der Waals surface area contributed by atoms with Crippen LogP contribution in [-0.4, -0.2) is 27.5 Å². The molecule has 0 aliphatic heterocycles. The first-order valence-corrected chi connectivity index (χ1v) is 11.1. The van der Waals surface area contributed by atoms with Crippen molar-refractivity contribution in [1.82, 2.24) is 14.5 Å². The molecule has 1 N–H and O–H groups in total. The molecule has 32 heavy (non-hydrogen) atoms. The zero-order valence-electron chi connectivity index (χ0n) is 17.4. The molecule has 4 aromatic rings. The number of anilines is 1. The van der Waals surface area contributed by atoms with E-state index in [9.17, 15) is 9.59 Å². The molecule has 0 saturated carbocycles. The number of amides is 2. The highest BCUT2D eigenvalue weighted by molar-refractivity contribution is 9.10. The lowest BCUT2D eigenvalue weighted by Gasteiger charge is -2.27. The van der Waals surface area contributed by atoms with E-state index >= 15 is 0 Å². The number of rotatable bonds is 4. The molecule has 6 nitrogen and oxygen atoms in total. The van der Waals surface area contributed by atoms with Gasteiger partial charge >= 0.3 is 6.03 Å². The Bertz CT molecular complexity index is 1370. The summed E-state index contributed by atoms with van der Waals surface area (Å²) in [6, 6.07) is 20.7. The predicted octanol–water partition coefficient (Wildman–Crippen LogP) is 6.03. The number of carbonyl (C=O) groups is 1. The van der Waals surface area contributed by atoms with E-state index in [4.69, 9.17) is 16.6 Å². The fourth-order valence-corrected chi connectivity index (χ4v) is 4.02. The number of benzene rings is 3. The van der Waals surface area contributed by atoms with Crippen LogP contribution in [0.5, 0.6) is 0 Å². The van der Waals surface area contributed by atoms with Crippen molar-refractivity contribution in [2.75, 3.05) is 12.4 Å². The Kier molecular flexibility index (Phi) is 6.30. The Hall–Kier alpha value is -3.16. The lowest BCUT2D eigenvalue weighted by atomic mass is 10.2. The van der Waals surface area contributed by atoms with Gasteiger partial charge in [0.1, 0.15) is 5.82 Å². The van der Waals surface area contributed by atoms with Crippen LogP contribution in [-0.2, 0) is 0 Å². The second kappa shape index (κ2) is 9.14. The number of carbonyl (C=O) groups excluding carboxylic acids is 1. The lowest BCUT2D eigenvalue weighted by Crippen LogP contribution is -2.37. The van der Waals surface area contributed by atoms with Gasteiger partial charge in [-0.3, -0.25) is 9.36 Å². The van der Waals surface area contributed by atoms with Gasteiger partial charge in [-0.05, 0) is 59.3 Å². The smallest absolute Gasteiger partial charge is 0.318 e. The van der Waals surface area contributed by atoms with Gasteiger partial charge in [0.2, 0.25) is 0 Å². The zero-order chi connectivity index (χ0) is 22.8. The van der Waals surface area contributed by atoms with Crippen LogP contribution >= 0.6 is 27.5 Å². The molecule has 162 valence electrons. The second-order valence-corrected chi connectivity index (χ2v) is 8.54. The van der Waals surface area contributed by atoms with Gasteiger partial charge in [0.25, 0.3) is 5.56 Å². The molecule has 0 radical (unpaired) electrons. The Labute approximate surface area is 198 Å². The normalized spacial score (nSPS) is 11.9. The summed E-state index contributed by atoms with van der Waals surface area (Å²) in [5, 5.41) is 3.77. The number of urea groups is 1. The van der Waals surface area contributed by atoms with E-state index in [1.54, 1.807) is 55.6 Å². The van der Waals surface area contributed by atoms with Crippen molar-refractivity contribution in [3.05, 3.63) is 98.5 Å². The summed E-state index contributed by atoms with van der Waals surface area (Å²) in [6.45, 7) is 1.82. The van der Waals surface area contributed by atoms with Gasteiger partial charge < -0.3 is 10.2 Å². The number of para-hydroxylation sites is 3. The molecule has 8 heteroatoms. The monoisotopic (exact) mass is 510 g/mol. The average molecular weight is 512 g/mol. The van der Waals surface area contributed by atoms with E-state index in [0.717, 1.165) is 4.47 Å². The summed E-state index contributed by atoms with van der Waals surface area (Å²) in [5.41, 5.74) is 1.47. The lowest BCUT2D eigenvalue weighted by molar-refractivity contribution is 0.205. The number of aromatic nitrogens is 2. The van der Waals surface area contributed by atoms with E-state index < -0.39 is 6.04 Å². The molecule has 3 aromatic carbocycles. The van der Waals surface area contributed by atoms with Crippen molar-refractivity contribution in [3.8, 4) is 5.69 Å². The Morgan fingerprint density at radius 2 is 1.72 bits per heavy atom. The number of fused-ring (bicyclic) bond motifs is 1. The highest BCUT2D eigenvalue weighted by Gasteiger charge is 2.25. The minimum Gasteiger partial charge on any atom is -0.318 e. The van der Waals surface area contributed by atoms with Gasteiger partial charge in [0.15, 0.2) is 0 Å². The van der Waals surface area contributed by atoms with Crippen molar-refractivity contribution in [3.63, 3.8) is 0 Å². The van der Waals surface area contributed by atoms with Crippen LogP contribution in [0.4, 0.5) is 10.5 Å². The van der Waals surface area contributed by atoms with Crippen molar-refractivity contribution in [1.29, 1.82) is 0 Å². The largest absolute Gasteiger partial charge is 0.322 e. The summed E-state index contributed by atoms with van der Waals surface area (Å²) < 4.78 is 2.25. The average Bonchev–Trinajstić information content (AvgIpc) is 2.80. The van der Waals surface area contributed by atoms with Crippen molar-refractivity contribution in [2.24, 2.45) is 0 Å². The first kappa shape index (κ1) is 22.0. The van der Waals surface area contributed by atoms with Gasteiger partial charge in [-0.15, -0.1) is 0 Å². The highest BCUT2D eigenvalue weighted by atomic mass is 79.9. The number of nitrogens with zero attached hydrogens (tertiary/aromatic N) is 3. The maximum atomic E-state index is 13.5. The summed E-state index contributed by atoms with van der Waals surface area (Å²) in [7, 11) is 1.66. The van der Waals surface area contributed by atoms with Crippen LogP contribution in [0.15, 0.2) is 82.1 Å². The minimum atomic E-state index is -0.536. The Balaban J connectivity index is 1.81. The fourth-order valence-electron chi connectivity index (χ4n) is 3.41. The number of nitrogens with one attached hydrogen (secondary N) is 1. The summed E-state index contributed by atoms with van der Waals surface area (Å²) in [5.74, 6) is 0.409. The minimum absolute atomic E-state index is 0.245. The van der Waals surface area contributed by atoms with Crippen LogP contribution in [0.2, 0.25) is 5.02 Å². The number of hydrogen-bond acceptors (Lipinski definition) is 3. The van der Waals surface area contributed by atoms with Crippen LogP contribution < -0.4 is 10.9 Å². The molecular formula is C24H20BrClN4O2. The van der Waals surface area contributed by atoms with E-state index in [2.05, 4.69) is 21.2 Å². The molecule has 1 unspecified atom stereocenters. The second-order valence-electron chi connectivity index (χ2n) is 7.28. The summed E-state index contributed by atoms with van der Waals surface area (Å²) >= 11 is 9.88. The summed E-state index contributed by atoms with van der Waals surface area (Å²) in [4.78, 5) is 32.7. The van der Waals surface area contributed by atoms with Crippen molar-refractivity contribution in [2.45, 2.75) is 13.0 Å². The van der Waals surface area contributed by atoms with Gasteiger partial charge in [0, 0.05) is 11.5 Å². The van der Waals surface area contributed by atoms with Gasteiger partial charge in [-0.1, -0.05) is 48.0 Å². The molecule has 2 amide bonds. The SMILES string of the molecule is CC(c1nc2ccccc2c(=O)n1-c1ccccc1Cl)N(C)C(=O)Nc1ccccc1Br. The van der Waals surface area contributed by atoms with Gasteiger partial charge in [-0.2, -0.15) is 0 Å². The van der Waals surface area contributed by atoms with Crippen LogP contribution in [0, 0.1) is 0 Å². The molecule has 1 atom stereocenters.